The van der Waals surface area contributed by atoms with Crippen LogP contribution in [0, 0.1) is 0 Å². The third kappa shape index (κ3) is 7.52. The number of ether oxygens (including phenoxy) is 2. The highest BCUT2D eigenvalue weighted by Gasteiger charge is 2.23. The fourth-order valence-electron chi connectivity index (χ4n) is 3.75. The Kier molecular flexibility index (Phi) is 9.95. The molecule has 1 unspecified atom stereocenters. The number of likely N-dealkylation sites (tertiary alicyclic amines) is 1. The maximum atomic E-state index is 12.7. The summed E-state index contributed by atoms with van der Waals surface area (Å²) in [6.07, 6.45) is 8.74. The predicted molar refractivity (Wildman–Crippen MR) is 124 cm³/mol. The monoisotopic (exact) mass is 414 g/mol. The maximum absolute atomic E-state index is 12.7. The molecule has 0 spiro atoms. The number of carbonyl (C=O) groups excluding carboxylic acids is 1. The lowest BCUT2D eigenvalue weighted by Gasteiger charge is -2.23. The number of nitrogens with one attached hydrogen (secondary N) is 1. The van der Waals surface area contributed by atoms with Gasteiger partial charge in [0.2, 0.25) is 0 Å². The van der Waals surface area contributed by atoms with Crippen molar-refractivity contribution in [2.24, 2.45) is 0 Å². The molecule has 1 aliphatic heterocycles. The molecule has 0 bridgehead atoms. The lowest BCUT2D eigenvalue weighted by molar-refractivity contribution is 0.0941. The quantitative estimate of drug-likeness (QED) is 0.519. The van der Waals surface area contributed by atoms with Gasteiger partial charge < -0.3 is 14.8 Å². The topological polar surface area (TPSA) is 50.8 Å². The Hall–Kier alpha value is -2.27. The van der Waals surface area contributed by atoms with Gasteiger partial charge >= 0.3 is 0 Å². The second kappa shape index (κ2) is 12.4. The smallest absolute Gasteiger partial charge is 0.251 e. The molecule has 5 nitrogen and oxygen atoms in total. The van der Waals surface area contributed by atoms with Crippen molar-refractivity contribution in [3.8, 4) is 11.5 Å². The average Bonchev–Trinajstić information content (AvgIpc) is 3.19. The van der Waals surface area contributed by atoms with Crippen molar-refractivity contribution in [2.45, 2.75) is 59.4 Å². The Bertz CT molecular complexity index is 751. The van der Waals surface area contributed by atoms with Gasteiger partial charge in [-0.2, -0.15) is 0 Å². The molecule has 2 rings (SSSR count). The number of hydrogen-bond donors (Lipinski definition) is 1. The predicted octanol–water partition coefficient (Wildman–Crippen LogP) is 4.98. The molecule has 1 aromatic rings. The van der Waals surface area contributed by atoms with Gasteiger partial charge in [-0.25, -0.2) is 0 Å². The lowest BCUT2D eigenvalue weighted by atomic mass is 10.1. The summed E-state index contributed by atoms with van der Waals surface area (Å²) >= 11 is 0. The van der Waals surface area contributed by atoms with Crippen molar-refractivity contribution in [1.29, 1.82) is 0 Å². The molecule has 166 valence electrons. The average molecular weight is 415 g/mol. The normalized spacial score (nSPS) is 17.0. The second-order valence-electron chi connectivity index (χ2n) is 8.18. The van der Waals surface area contributed by atoms with Gasteiger partial charge in [-0.3, -0.25) is 9.69 Å². The third-order valence-electron chi connectivity index (χ3n) is 5.59. The van der Waals surface area contributed by atoms with Crippen LogP contribution < -0.4 is 14.8 Å². The van der Waals surface area contributed by atoms with Crippen LogP contribution in [0.5, 0.6) is 11.5 Å². The summed E-state index contributed by atoms with van der Waals surface area (Å²) in [4.78, 5) is 15.1. The molecule has 1 aromatic carbocycles. The van der Waals surface area contributed by atoms with Gasteiger partial charge in [-0.05, 0) is 83.8 Å². The first-order valence-electron chi connectivity index (χ1n) is 11.1. The first kappa shape index (κ1) is 24.0. The van der Waals surface area contributed by atoms with Gasteiger partial charge in [0.25, 0.3) is 5.91 Å². The van der Waals surface area contributed by atoms with Crippen molar-refractivity contribution in [2.75, 3.05) is 33.4 Å². The standard InChI is InChI=1S/C25H38N2O3/c1-6-27-15-8-11-22(27)18-26-25(28)21-12-13-23(29-5)24(17-21)30-16-14-20(4)10-7-9-19(2)3/h9,12-14,17,22H,6-8,10-11,15-16,18H2,1-5H3,(H,26,28)/b20-14+. The summed E-state index contributed by atoms with van der Waals surface area (Å²) in [6, 6.07) is 5.79. The zero-order chi connectivity index (χ0) is 21.9. The number of carbonyl (C=O) groups is 1. The van der Waals surface area contributed by atoms with Crippen molar-refractivity contribution >= 4 is 5.91 Å². The van der Waals surface area contributed by atoms with E-state index in [1.807, 2.05) is 0 Å². The van der Waals surface area contributed by atoms with E-state index in [-0.39, 0.29) is 5.91 Å². The number of methoxy groups -OCH3 is 1. The molecule has 1 heterocycles. The van der Waals surface area contributed by atoms with Gasteiger partial charge in [0, 0.05) is 18.2 Å². The highest BCUT2D eigenvalue weighted by Crippen LogP contribution is 2.28. The van der Waals surface area contributed by atoms with Crippen molar-refractivity contribution in [3.05, 3.63) is 47.1 Å². The van der Waals surface area contributed by atoms with Crippen LogP contribution in [-0.4, -0.2) is 50.2 Å². The molecule has 1 atom stereocenters. The van der Waals surface area contributed by atoms with Crippen LogP contribution in [0.15, 0.2) is 41.5 Å². The number of amides is 1. The fraction of sp³-hybridized carbons (Fsp3) is 0.560. The number of nitrogens with zero attached hydrogens (tertiary/aromatic N) is 1. The molecule has 0 saturated carbocycles. The van der Waals surface area contributed by atoms with Gasteiger partial charge in [0.05, 0.1) is 7.11 Å². The van der Waals surface area contributed by atoms with Gasteiger partial charge in [0.15, 0.2) is 11.5 Å². The summed E-state index contributed by atoms with van der Waals surface area (Å²) in [5.74, 6) is 1.16. The highest BCUT2D eigenvalue weighted by molar-refractivity contribution is 5.94. The lowest BCUT2D eigenvalue weighted by Crippen LogP contribution is -2.40. The van der Waals surface area contributed by atoms with Crippen LogP contribution in [0.4, 0.5) is 0 Å². The number of allylic oxidation sites excluding steroid dienone is 3. The highest BCUT2D eigenvalue weighted by atomic mass is 16.5. The molecule has 5 heteroatoms. The van der Waals surface area contributed by atoms with E-state index in [9.17, 15) is 4.79 Å². The Morgan fingerprint density at radius 1 is 1.23 bits per heavy atom. The Morgan fingerprint density at radius 2 is 2.03 bits per heavy atom. The minimum Gasteiger partial charge on any atom is -0.493 e. The zero-order valence-corrected chi connectivity index (χ0v) is 19.3. The van der Waals surface area contributed by atoms with E-state index in [0.29, 0.717) is 36.3 Å². The van der Waals surface area contributed by atoms with Gasteiger partial charge in [-0.1, -0.05) is 24.1 Å². The van der Waals surface area contributed by atoms with Crippen LogP contribution >= 0.6 is 0 Å². The van der Waals surface area contributed by atoms with Gasteiger partial charge in [-0.15, -0.1) is 0 Å². The Balaban J connectivity index is 1.93. The second-order valence-corrected chi connectivity index (χ2v) is 8.18. The van der Waals surface area contributed by atoms with E-state index in [4.69, 9.17) is 9.47 Å². The van der Waals surface area contributed by atoms with Gasteiger partial charge in [0.1, 0.15) is 6.61 Å². The Morgan fingerprint density at radius 3 is 2.73 bits per heavy atom. The minimum atomic E-state index is -0.0705. The molecule has 1 aliphatic rings. The van der Waals surface area contributed by atoms with E-state index < -0.39 is 0 Å². The fourth-order valence-corrected chi connectivity index (χ4v) is 3.75. The van der Waals surface area contributed by atoms with E-state index >= 15 is 0 Å². The number of likely N-dealkylation sites (N-methyl/N-ethyl adjacent to an activating group) is 1. The van der Waals surface area contributed by atoms with Crippen LogP contribution in [0.1, 0.15) is 63.7 Å². The first-order chi connectivity index (χ1) is 14.4. The summed E-state index contributed by atoms with van der Waals surface area (Å²) in [5.41, 5.74) is 3.22. The summed E-state index contributed by atoms with van der Waals surface area (Å²) in [5, 5.41) is 3.08. The number of hydrogen-bond acceptors (Lipinski definition) is 4. The molecule has 1 saturated heterocycles. The van der Waals surface area contributed by atoms with Crippen molar-refractivity contribution < 1.29 is 14.3 Å². The summed E-state index contributed by atoms with van der Waals surface area (Å²) in [7, 11) is 1.61. The maximum Gasteiger partial charge on any atom is 0.251 e. The van der Waals surface area contributed by atoms with Crippen molar-refractivity contribution in [1.82, 2.24) is 10.2 Å². The first-order valence-corrected chi connectivity index (χ1v) is 11.1. The van der Waals surface area contributed by atoms with E-state index in [0.717, 1.165) is 32.4 Å². The largest absolute Gasteiger partial charge is 0.493 e. The number of rotatable bonds is 11. The third-order valence-corrected chi connectivity index (χ3v) is 5.59. The molecule has 1 fully saturated rings. The van der Waals surface area contributed by atoms with Crippen LogP contribution in [0.3, 0.4) is 0 Å². The van der Waals surface area contributed by atoms with E-state index in [2.05, 4.69) is 50.1 Å². The zero-order valence-electron chi connectivity index (χ0n) is 19.3. The molecule has 0 radical (unpaired) electrons. The molecular weight excluding hydrogens is 376 g/mol. The number of benzene rings is 1. The van der Waals surface area contributed by atoms with Crippen molar-refractivity contribution in [3.63, 3.8) is 0 Å². The SMILES string of the molecule is CCN1CCCC1CNC(=O)c1ccc(OC)c(OC/C=C(\C)CCC=C(C)C)c1. The summed E-state index contributed by atoms with van der Waals surface area (Å²) in [6.45, 7) is 11.8. The molecular formula is C25H38N2O3. The molecule has 0 aromatic heterocycles. The van der Waals surface area contributed by atoms with Crippen LogP contribution in [0.25, 0.3) is 0 Å². The minimum absolute atomic E-state index is 0.0705. The van der Waals surface area contributed by atoms with E-state index in [1.165, 1.54) is 17.6 Å². The molecule has 1 amide bonds. The van der Waals surface area contributed by atoms with Crippen LogP contribution in [0.2, 0.25) is 0 Å². The molecule has 1 N–H and O–H groups in total. The molecule has 0 aliphatic carbocycles. The van der Waals surface area contributed by atoms with Crippen LogP contribution in [-0.2, 0) is 0 Å². The summed E-state index contributed by atoms with van der Waals surface area (Å²) < 4.78 is 11.3. The Labute approximate surface area is 182 Å². The van der Waals surface area contributed by atoms with E-state index in [1.54, 1.807) is 25.3 Å². The molecule has 30 heavy (non-hydrogen) atoms.